The maximum Gasteiger partial charge on any atom is 0.526 e. The quantitative estimate of drug-likeness (QED) is 0.475. The first-order valence-corrected chi connectivity index (χ1v) is 8.50. The summed E-state index contributed by atoms with van der Waals surface area (Å²) in [6.07, 6.45) is 0.243. The number of hydrogen-bond acceptors (Lipinski definition) is 7. The van der Waals surface area contributed by atoms with Gasteiger partial charge < -0.3 is 23.9 Å². The molecule has 0 spiro atoms. The van der Waals surface area contributed by atoms with Gasteiger partial charge in [-0.25, -0.2) is 9.18 Å². The summed E-state index contributed by atoms with van der Waals surface area (Å²) < 4.78 is 29.0. The Bertz CT molecular complexity index is 757. The van der Waals surface area contributed by atoms with Crippen LogP contribution in [0.5, 0.6) is 5.75 Å². The molecule has 1 heterocycles. The van der Waals surface area contributed by atoms with Crippen LogP contribution in [0.15, 0.2) is 12.1 Å². The van der Waals surface area contributed by atoms with Crippen molar-refractivity contribution < 1.29 is 37.9 Å². The fourth-order valence-corrected chi connectivity index (χ4v) is 2.67. The van der Waals surface area contributed by atoms with E-state index in [1.807, 2.05) is 0 Å². The lowest BCUT2D eigenvalue weighted by molar-refractivity contribution is -0.161. The van der Waals surface area contributed by atoms with Crippen LogP contribution >= 0.6 is 0 Å². The van der Waals surface area contributed by atoms with Gasteiger partial charge in [-0.15, -0.1) is 0 Å². The van der Waals surface area contributed by atoms with Gasteiger partial charge in [-0.05, 0) is 51.8 Å². The molecule has 1 aliphatic rings. The van der Waals surface area contributed by atoms with Gasteiger partial charge in [0.15, 0.2) is 0 Å². The van der Waals surface area contributed by atoms with Crippen LogP contribution in [0.25, 0.3) is 0 Å². The second kappa shape index (κ2) is 8.08. The van der Waals surface area contributed by atoms with E-state index in [-0.39, 0.29) is 29.9 Å². The van der Waals surface area contributed by atoms with Crippen LogP contribution in [0.3, 0.4) is 0 Å². The molecule has 0 aliphatic carbocycles. The molecule has 0 fully saturated rings. The van der Waals surface area contributed by atoms with Crippen LogP contribution in [-0.2, 0) is 25.5 Å². The topological polar surface area (TPSA) is 99.1 Å². The van der Waals surface area contributed by atoms with Gasteiger partial charge >= 0.3 is 19.1 Å². The second-order valence-electron chi connectivity index (χ2n) is 7.55. The number of benzene rings is 1. The maximum absolute atomic E-state index is 13.9. The maximum atomic E-state index is 13.9. The zero-order chi connectivity index (χ0) is 20.4. The van der Waals surface area contributed by atoms with Crippen LogP contribution in [0.2, 0.25) is 5.82 Å². The third kappa shape index (κ3) is 5.29. The Balaban J connectivity index is 2.14. The molecule has 0 bridgehead atoms. The lowest BCUT2D eigenvalue weighted by Crippen LogP contribution is -2.35. The Morgan fingerprint density at radius 2 is 1.96 bits per heavy atom. The lowest BCUT2D eigenvalue weighted by Gasteiger charge is -2.28. The van der Waals surface area contributed by atoms with Crippen LogP contribution in [0.1, 0.15) is 50.0 Å². The van der Waals surface area contributed by atoms with Gasteiger partial charge in [0.2, 0.25) is 6.79 Å². The van der Waals surface area contributed by atoms with Gasteiger partial charge in [-0.3, -0.25) is 4.79 Å². The van der Waals surface area contributed by atoms with Crippen molar-refractivity contribution in [3.8, 4) is 5.75 Å². The molecule has 7 nitrogen and oxygen atoms in total. The van der Waals surface area contributed by atoms with E-state index in [1.165, 1.54) is 13.0 Å². The molecule has 0 saturated carbocycles. The minimum atomic E-state index is -1.31. The van der Waals surface area contributed by atoms with E-state index in [9.17, 15) is 23.8 Å². The fourth-order valence-electron chi connectivity index (χ4n) is 2.67. The van der Waals surface area contributed by atoms with E-state index in [0.29, 0.717) is 5.56 Å². The Labute approximate surface area is 156 Å². The Morgan fingerprint density at radius 1 is 1.30 bits per heavy atom. The second-order valence-corrected chi connectivity index (χ2v) is 7.55. The van der Waals surface area contributed by atoms with E-state index in [4.69, 9.17) is 14.1 Å². The van der Waals surface area contributed by atoms with Crippen molar-refractivity contribution >= 4 is 24.8 Å². The number of ether oxygens (including phenoxy) is 2. The fraction of sp³-hybridized carbons (Fsp3) is 0.500. The summed E-state index contributed by atoms with van der Waals surface area (Å²) in [5.74, 6) is -2.87. The number of hydrogen-bond donors (Lipinski definition) is 1. The number of rotatable bonds is 5. The summed E-state index contributed by atoms with van der Waals surface area (Å²) in [7, 11) is -1.31. The van der Waals surface area contributed by atoms with Gasteiger partial charge in [-0.1, -0.05) is 0 Å². The molecule has 1 aromatic carbocycles. The molecule has 27 heavy (non-hydrogen) atoms. The number of esters is 2. The summed E-state index contributed by atoms with van der Waals surface area (Å²) in [5.41, 5.74) is -0.633. The van der Waals surface area contributed by atoms with Crippen molar-refractivity contribution in [2.45, 2.75) is 46.4 Å². The standard InChI is InChI=1S/C18H22BFO7/c1-10(21)5-12-6-11-7-13(20)8-14(15(11)27-19(12)24)16(22)25-9-26-17(23)18(2,3)4/h7-8,12,24H,5-6,9H2,1-4H3/t12-/m0/s1. The van der Waals surface area contributed by atoms with Crippen molar-refractivity contribution in [1.29, 1.82) is 0 Å². The number of carbonyl (C=O) groups is 3. The Morgan fingerprint density at radius 3 is 2.56 bits per heavy atom. The summed E-state index contributed by atoms with van der Waals surface area (Å²) >= 11 is 0. The highest BCUT2D eigenvalue weighted by atomic mass is 19.1. The van der Waals surface area contributed by atoms with E-state index in [0.717, 1.165) is 6.07 Å². The largest absolute Gasteiger partial charge is 0.535 e. The lowest BCUT2D eigenvalue weighted by atomic mass is 9.64. The highest BCUT2D eigenvalue weighted by Gasteiger charge is 2.38. The van der Waals surface area contributed by atoms with E-state index >= 15 is 0 Å². The minimum Gasteiger partial charge on any atom is -0.535 e. The van der Waals surface area contributed by atoms with Crippen molar-refractivity contribution in [2.24, 2.45) is 5.41 Å². The van der Waals surface area contributed by atoms with E-state index in [2.05, 4.69) is 0 Å². The smallest absolute Gasteiger partial charge is 0.526 e. The highest BCUT2D eigenvalue weighted by molar-refractivity contribution is 6.46. The average molecular weight is 380 g/mol. The molecule has 0 aromatic heterocycles. The molecule has 0 unspecified atom stereocenters. The average Bonchev–Trinajstić information content (AvgIpc) is 2.53. The Kier molecular flexibility index (Phi) is 6.25. The monoisotopic (exact) mass is 380 g/mol. The van der Waals surface area contributed by atoms with Gasteiger partial charge in [0.1, 0.15) is 22.9 Å². The first-order chi connectivity index (χ1) is 12.5. The third-order valence-corrected chi connectivity index (χ3v) is 4.02. The molecule has 9 heteroatoms. The normalized spacial score (nSPS) is 16.2. The molecule has 0 saturated heterocycles. The SMILES string of the molecule is CC(=O)C[C@H]1Cc2cc(F)cc(C(=O)OCOC(=O)C(C)(C)C)c2OB1O. The van der Waals surface area contributed by atoms with Crippen molar-refractivity contribution in [2.75, 3.05) is 6.79 Å². The minimum absolute atomic E-state index is 0.00384. The molecule has 1 N–H and O–H groups in total. The number of Topliss-reactive ketones (excluding diaryl/α,β-unsaturated/α-hetero) is 1. The van der Waals surface area contributed by atoms with Gasteiger partial charge in [-0.2, -0.15) is 0 Å². The van der Waals surface area contributed by atoms with Crippen LogP contribution in [0, 0.1) is 11.2 Å². The molecule has 0 radical (unpaired) electrons. The first-order valence-electron chi connectivity index (χ1n) is 8.50. The number of halogens is 1. The summed E-state index contributed by atoms with van der Waals surface area (Å²) in [6.45, 7) is 5.69. The zero-order valence-corrected chi connectivity index (χ0v) is 15.7. The van der Waals surface area contributed by atoms with Crippen molar-refractivity contribution in [3.05, 3.63) is 29.1 Å². The summed E-state index contributed by atoms with van der Waals surface area (Å²) in [4.78, 5) is 35.2. The summed E-state index contributed by atoms with van der Waals surface area (Å²) in [5, 5.41) is 10.1. The molecule has 1 atom stereocenters. The van der Waals surface area contributed by atoms with Gasteiger partial charge in [0.05, 0.1) is 5.41 Å². The number of fused-ring (bicyclic) bond motifs is 1. The predicted octanol–water partition coefficient (Wildman–Crippen LogP) is 2.29. The van der Waals surface area contributed by atoms with E-state index < -0.39 is 42.9 Å². The molecule has 1 aromatic rings. The first kappa shape index (κ1) is 20.9. The predicted molar refractivity (Wildman–Crippen MR) is 93.6 cm³/mol. The molecular weight excluding hydrogens is 358 g/mol. The molecular formula is C18H22BFO7. The molecule has 0 amide bonds. The van der Waals surface area contributed by atoms with Gasteiger partial charge in [0, 0.05) is 12.2 Å². The third-order valence-electron chi connectivity index (χ3n) is 4.02. The number of ketones is 1. The highest BCUT2D eigenvalue weighted by Crippen LogP contribution is 2.37. The Hall–Kier alpha value is -2.42. The van der Waals surface area contributed by atoms with Crippen LogP contribution < -0.4 is 4.65 Å². The molecule has 1 aliphatic heterocycles. The van der Waals surface area contributed by atoms with Crippen molar-refractivity contribution in [1.82, 2.24) is 0 Å². The van der Waals surface area contributed by atoms with E-state index in [1.54, 1.807) is 20.8 Å². The van der Waals surface area contributed by atoms with Crippen LogP contribution in [-0.4, -0.2) is 36.7 Å². The van der Waals surface area contributed by atoms with Gasteiger partial charge in [0.25, 0.3) is 0 Å². The molecule has 146 valence electrons. The number of carbonyl (C=O) groups excluding carboxylic acids is 3. The molecule has 2 rings (SSSR count). The summed E-state index contributed by atoms with van der Waals surface area (Å²) in [6, 6.07) is 2.11. The van der Waals surface area contributed by atoms with Crippen molar-refractivity contribution in [3.63, 3.8) is 0 Å². The van der Waals surface area contributed by atoms with Crippen LogP contribution in [0.4, 0.5) is 4.39 Å². The zero-order valence-electron chi connectivity index (χ0n) is 15.7.